The molecule has 0 aromatic heterocycles. The summed E-state index contributed by atoms with van der Waals surface area (Å²) < 4.78 is 25.8. The average molecular weight is 268 g/mol. The average Bonchev–Trinajstić information content (AvgIpc) is 2.55. The van der Waals surface area contributed by atoms with Crippen LogP contribution in [0, 0.1) is 0 Å². The smallest absolute Gasteiger partial charge is 0.221 e. The van der Waals surface area contributed by atoms with Crippen LogP contribution in [-0.2, 0) is 20.6 Å². The Morgan fingerprint density at radius 3 is 2.61 bits per heavy atom. The summed E-state index contributed by atoms with van der Waals surface area (Å²) in [5, 5.41) is 2.67. The molecule has 0 spiro atoms. The van der Waals surface area contributed by atoms with Crippen LogP contribution in [0.25, 0.3) is 0 Å². The lowest BCUT2D eigenvalue weighted by Crippen LogP contribution is -2.35. The number of benzene rings is 1. The van der Waals surface area contributed by atoms with Crippen molar-refractivity contribution in [3.63, 3.8) is 0 Å². The summed E-state index contributed by atoms with van der Waals surface area (Å²) in [6, 6.07) is 9.07. The van der Waals surface area contributed by atoms with Gasteiger partial charge in [-0.15, -0.1) is 0 Å². The third kappa shape index (κ3) is 3.30. The number of nitrogens with zero attached hydrogens (tertiary/aromatic N) is 1. The summed E-state index contributed by atoms with van der Waals surface area (Å²) in [4.78, 5) is 11.2. The van der Waals surface area contributed by atoms with Crippen LogP contribution in [0.1, 0.15) is 12.0 Å². The van der Waals surface area contributed by atoms with Gasteiger partial charge >= 0.3 is 0 Å². The molecule has 0 unspecified atom stereocenters. The van der Waals surface area contributed by atoms with Crippen molar-refractivity contribution in [1.82, 2.24) is 9.62 Å². The van der Waals surface area contributed by atoms with Crippen molar-refractivity contribution in [3.8, 4) is 0 Å². The minimum absolute atomic E-state index is 0.0119. The molecular formula is C12H16N2O3S. The molecule has 98 valence electrons. The number of carbonyl (C=O) groups excluding carboxylic acids is 1. The maximum atomic E-state index is 12.2. The van der Waals surface area contributed by atoms with Crippen molar-refractivity contribution >= 4 is 15.9 Å². The molecule has 0 aliphatic carbocycles. The quantitative estimate of drug-likeness (QED) is 0.859. The Kier molecular flexibility index (Phi) is 3.98. The fraction of sp³-hybridized carbons (Fsp3) is 0.417. The molecule has 1 fully saturated rings. The van der Waals surface area contributed by atoms with E-state index in [1.807, 2.05) is 18.2 Å². The van der Waals surface area contributed by atoms with E-state index < -0.39 is 10.0 Å². The maximum absolute atomic E-state index is 12.2. The van der Waals surface area contributed by atoms with Gasteiger partial charge in [0.2, 0.25) is 15.9 Å². The fourth-order valence-corrected chi connectivity index (χ4v) is 3.44. The largest absolute Gasteiger partial charge is 0.355 e. The van der Waals surface area contributed by atoms with E-state index in [0.29, 0.717) is 13.1 Å². The standard InChI is InChI=1S/C12H16N2O3S/c15-12-6-8-14(9-7-13-12)18(16,17)10-11-4-2-1-3-5-11/h1-5H,6-10H2,(H,13,15). The summed E-state index contributed by atoms with van der Waals surface area (Å²) in [7, 11) is -3.34. The number of nitrogens with one attached hydrogen (secondary N) is 1. The van der Waals surface area contributed by atoms with E-state index in [1.165, 1.54) is 4.31 Å². The molecule has 2 rings (SSSR count). The zero-order valence-corrected chi connectivity index (χ0v) is 10.8. The maximum Gasteiger partial charge on any atom is 0.221 e. The Balaban J connectivity index is 2.08. The summed E-state index contributed by atoms with van der Waals surface area (Å²) in [6.07, 6.45) is 0.230. The highest BCUT2D eigenvalue weighted by Crippen LogP contribution is 2.12. The lowest BCUT2D eigenvalue weighted by atomic mass is 10.2. The molecule has 1 amide bonds. The second-order valence-electron chi connectivity index (χ2n) is 4.24. The molecule has 1 aliphatic rings. The normalized spacial score (nSPS) is 18.1. The van der Waals surface area contributed by atoms with Crippen LogP contribution >= 0.6 is 0 Å². The van der Waals surface area contributed by atoms with Gasteiger partial charge in [0.1, 0.15) is 0 Å². The third-order valence-electron chi connectivity index (χ3n) is 2.86. The van der Waals surface area contributed by atoms with Gasteiger partial charge in [-0.3, -0.25) is 4.79 Å². The van der Waals surface area contributed by atoms with Gasteiger partial charge in [-0.25, -0.2) is 8.42 Å². The third-order valence-corrected chi connectivity index (χ3v) is 4.71. The SMILES string of the molecule is O=C1CCN(S(=O)(=O)Cc2ccccc2)CCN1. The molecule has 1 aromatic rings. The Bertz CT molecular complexity index is 513. The molecule has 1 N–H and O–H groups in total. The van der Waals surface area contributed by atoms with Crippen molar-refractivity contribution in [2.45, 2.75) is 12.2 Å². The van der Waals surface area contributed by atoms with Gasteiger partial charge in [-0.2, -0.15) is 4.31 Å². The van der Waals surface area contributed by atoms with E-state index in [0.717, 1.165) is 5.56 Å². The van der Waals surface area contributed by atoms with Crippen LogP contribution in [0.2, 0.25) is 0 Å². The van der Waals surface area contributed by atoms with Crippen molar-refractivity contribution in [1.29, 1.82) is 0 Å². The van der Waals surface area contributed by atoms with Crippen LogP contribution in [0.3, 0.4) is 0 Å². The first-order valence-electron chi connectivity index (χ1n) is 5.86. The first-order valence-corrected chi connectivity index (χ1v) is 7.47. The predicted molar refractivity (Wildman–Crippen MR) is 68.3 cm³/mol. The Hall–Kier alpha value is -1.40. The molecule has 1 heterocycles. The van der Waals surface area contributed by atoms with Crippen molar-refractivity contribution < 1.29 is 13.2 Å². The van der Waals surface area contributed by atoms with Gasteiger partial charge in [0, 0.05) is 26.1 Å². The molecule has 5 nitrogen and oxygen atoms in total. The van der Waals surface area contributed by atoms with Crippen molar-refractivity contribution in [2.75, 3.05) is 19.6 Å². The Labute approximate surface area is 107 Å². The molecular weight excluding hydrogens is 252 g/mol. The minimum Gasteiger partial charge on any atom is -0.355 e. The highest BCUT2D eigenvalue weighted by Gasteiger charge is 2.24. The summed E-state index contributed by atoms with van der Waals surface area (Å²) in [5.41, 5.74) is 0.765. The first kappa shape index (κ1) is 13.0. The van der Waals surface area contributed by atoms with Gasteiger partial charge in [-0.1, -0.05) is 30.3 Å². The van der Waals surface area contributed by atoms with Gasteiger partial charge in [0.15, 0.2) is 0 Å². The van der Waals surface area contributed by atoms with Gasteiger partial charge < -0.3 is 5.32 Å². The highest BCUT2D eigenvalue weighted by atomic mass is 32.2. The van der Waals surface area contributed by atoms with Crippen LogP contribution in [0.5, 0.6) is 0 Å². The number of hydrogen-bond donors (Lipinski definition) is 1. The van der Waals surface area contributed by atoms with E-state index in [-0.39, 0.29) is 24.6 Å². The van der Waals surface area contributed by atoms with E-state index in [1.54, 1.807) is 12.1 Å². The Morgan fingerprint density at radius 2 is 1.89 bits per heavy atom. The molecule has 0 radical (unpaired) electrons. The van der Waals surface area contributed by atoms with E-state index in [4.69, 9.17) is 0 Å². The lowest BCUT2D eigenvalue weighted by molar-refractivity contribution is -0.120. The second-order valence-corrected chi connectivity index (χ2v) is 6.21. The van der Waals surface area contributed by atoms with Crippen LogP contribution in [-0.4, -0.2) is 38.3 Å². The van der Waals surface area contributed by atoms with Crippen molar-refractivity contribution in [3.05, 3.63) is 35.9 Å². The van der Waals surface area contributed by atoms with E-state index in [9.17, 15) is 13.2 Å². The number of sulfonamides is 1. The summed E-state index contributed by atoms with van der Waals surface area (Å²) >= 11 is 0. The number of rotatable bonds is 3. The Morgan fingerprint density at radius 1 is 1.17 bits per heavy atom. The zero-order valence-electron chi connectivity index (χ0n) is 10.0. The zero-order chi connectivity index (χ0) is 13.0. The topological polar surface area (TPSA) is 66.5 Å². The monoisotopic (exact) mass is 268 g/mol. The van der Waals surface area contributed by atoms with Crippen LogP contribution in [0.4, 0.5) is 0 Å². The molecule has 18 heavy (non-hydrogen) atoms. The highest BCUT2D eigenvalue weighted by molar-refractivity contribution is 7.88. The number of amides is 1. The lowest BCUT2D eigenvalue weighted by Gasteiger charge is -2.19. The first-order chi connectivity index (χ1) is 8.58. The van der Waals surface area contributed by atoms with Gasteiger partial charge in [0.25, 0.3) is 0 Å². The van der Waals surface area contributed by atoms with E-state index >= 15 is 0 Å². The predicted octanol–water partition coefficient (Wildman–Crippen LogP) is 0.338. The van der Waals surface area contributed by atoms with Gasteiger partial charge in [-0.05, 0) is 5.56 Å². The molecule has 6 heteroatoms. The second kappa shape index (κ2) is 5.49. The van der Waals surface area contributed by atoms with E-state index in [2.05, 4.69) is 5.32 Å². The molecule has 1 saturated heterocycles. The molecule has 1 aliphatic heterocycles. The summed E-state index contributed by atoms with van der Waals surface area (Å²) in [5.74, 6) is -0.102. The fourth-order valence-electron chi connectivity index (χ4n) is 1.90. The summed E-state index contributed by atoms with van der Waals surface area (Å²) in [6.45, 7) is 0.995. The van der Waals surface area contributed by atoms with Gasteiger partial charge in [0.05, 0.1) is 5.75 Å². The number of carbonyl (C=O) groups is 1. The molecule has 0 saturated carbocycles. The van der Waals surface area contributed by atoms with Crippen molar-refractivity contribution in [2.24, 2.45) is 0 Å². The van der Waals surface area contributed by atoms with Crippen LogP contribution < -0.4 is 5.32 Å². The van der Waals surface area contributed by atoms with Crippen LogP contribution in [0.15, 0.2) is 30.3 Å². The minimum atomic E-state index is -3.34. The molecule has 0 atom stereocenters. The molecule has 0 bridgehead atoms. The number of hydrogen-bond acceptors (Lipinski definition) is 3. The molecule has 1 aromatic carbocycles.